The molecule has 0 unspecified atom stereocenters. The molecule has 1 aromatic carbocycles. The van der Waals surface area contributed by atoms with Crippen molar-refractivity contribution in [3.8, 4) is 0 Å². The lowest BCUT2D eigenvalue weighted by atomic mass is 10.1. The average molecular weight is 342 g/mol. The van der Waals surface area contributed by atoms with E-state index in [9.17, 15) is 9.59 Å². The van der Waals surface area contributed by atoms with Crippen LogP contribution in [0.4, 0.5) is 11.5 Å². The molecule has 0 atom stereocenters. The van der Waals surface area contributed by atoms with Crippen molar-refractivity contribution in [3.63, 3.8) is 0 Å². The van der Waals surface area contributed by atoms with Gasteiger partial charge in [-0.05, 0) is 32.9 Å². The van der Waals surface area contributed by atoms with Gasteiger partial charge in [0.25, 0.3) is 5.91 Å². The number of nitrogens with one attached hydrogen (secondary N) is 1. The van der Waals surface area contributed by atoms with Gasteiger partial charge >= 0.3 is 5.97 Å². The molecule has 1 heterocycles. The van der Waals surface area contributed by atoms with Crippen LogP contribution in [-0.2, 0) is 4.74 Å². The van der Waals surface area contributed by atoms with E-state index in [2.05, 4.69) is 15.3 Å². The largest absolute Gasteiger partial charge is 0.462 e. The Morgan fingerprint density at radius 3 is 2.40 bits per heavy atom. The van der Waals surface area contributed by atoms with Crippen molar-refractivity contribution >= 4 is 23.4 Å². The molecule has 2 rings (SSSR count). The molecule has 7 heteroatoms. The number of rotatable bonds is 7. The highest BCUT2D eigenvalue weighted by atomic mass is 16.5. The van der Waals surface area contributed by atoms with Gasteiger partial charge < -0.3 is 15.0 Å². The summed E-state index contributed by atoms with van der Waals surface area (Å²) in [5.41, 5.74) is 0.848. The Balaban J connectivity index is 2.16. The van der Waals surface area contributed by atoms with E-state index < -0.39 is 11.9 Å². The topological polar surface area (TPSA) is 84.4 Å². The first-order valence-electron chi connectivity index (χ1n) is 8.25. The number of nitrogens with zero attached hydrogens (tertiary/aromatic N) is 3. The van der Waals surface area contributed by atoms with Gasteiger partial charge in [-0.1, -0.05) is 12.1 Å². The minimum Gasteiger partial charge on any atom is -0.462 e. The molecule has 0 aliphatic carbocycles. The zero-order valence-corrected chi connectivity index (χ0v) is 14.7. The van der Waals surface area contributed by atoms with Crippen LogP contribution in [0.3, 0.4) is 0 Å². The maximum Gasteiger partial charge on any atom is 0.340 e. The van der Waals surface area contributed by atoms with Gasteiger partial charge in [-0.25, -0.2) is 14.8 Å². The fourth-order valence-corrected chi connectivity index (χ4v) is 2.31. The van der Waals surface area contributed by atoms with E-state index in [0.29, 0.717) is 17.1 Å². The quantitative estimate of drug-likeness (QED) is 0.779. The van der Waals surface area contributed by atoms with Crippen LogP contribution in [0.2, 0.25) is 0 Å². The molecule has 7 nitrogen and oxygen atoms in total. The normalized spacial score (nSPS) is 10.2. The number of hydrogen-bond acceptors (Lipinski definition) is 6. The Labute approximate surface area is 147 Å². The number of benzene rings is 1. The summed E-state index contributed by atoms with van der Waals surface area (Å²) >= 11 is 0. The second-order valence-electron chi connectivity index (χ2n) is 5.15. The summed E-state index contributed by atoms with van der Waals surface area (Å²) in [6.45, 7) is 7.66. The third-order valence-corrected chi connectivity index (χ3v) is 3.63. The molecule has 1 amide bonds. The van der Waals surface area contributed by atoms with Crippen molar-refractivity contribution in [2.45, 2.75) is 20.8 Å². The van der Waals surface area contributed by atoms with Gasteiger partial charge in [-0.3, -0.25) is 4.79 Å². The average Bonchev–Trinajstić information content (AvgIpc) is 2.64. The number of anilines is 2. The van der Waals surface area contributed by atoms with Gasteiger partial charge in [0.05, 0.1) is 30.3 Å². The van der Waals surface area contributed by atoms with Crippen LogP contribution in [0, 0.1) is 0 Å². The monoisotopic (exact) mass is 342 g/mol. The third kappa shape index (κ3) is 4.53. The summed E-state index contributed by atoms with van der Waals surface area (Å²) in [5, 5.41) is 2.69. The van der Waals surface area contributed by atoms with Crippen molar-refractivity contribution in [2.75, 3.05) is 29.9 Å². The van der Waals surface area contributed by atoms with Crippen molar-refractivity contribution in [2.24, 2.45) is 0 Å². The highest BCUT2D eigenvalue weighted by molar-refractivity contribution is 6.06. The van der Waals surface area contributed by atoms with Crippen LogP contribution >= 0.6 is 0 Å². The molecule has 1 aromatic heterocycles. The Morgan fingerprint density at radius 1 is 1.08 bits per heavy atom. The van der Waals surface area contributed by atoms with Gasteiger partial charge in [-0.2, -0.15) is 0 Å². The predicted molar refractivity (Wildman–Crippen MR) is 95.9 cm³/mol. The number of hydrogen-bond donors (Lipinski definition) is 1. The van der Waals surface area contributed by atoms with Crippen molar-refractivity contribution in [1.29, 1.82) is 0 Å². The minimum absolute atomic E-state index is 0.176. The highest BCUT2D eigenvalue weighted by Gasteiger charge is 2.16. The van der Waals surface area contributed by atoms with Crippen molar-refractivity contribution in [1.82, 2.24) is 9.97 Å². The van der Waals surface area contributed by atoms with E-state index in [1.807, 2.05) is 18.7 Å². The van der Waals surface area contributed by atoms with E-state index in [1.165, 1.54) is 6.20 Å². The van der Waals surface area contributed by atoms with Gasteiger partial charge in [0.1, 0.15) is 11.5 Å². The van der Waals surface area contributed by atoms with Gasteiger partial charge in [-0.15, -0.1) is 0 Å². The zero-order chi connectivity index (χ0) is 18.2. The summed E-state index contributed by atoms with van der Waals surface area (Å²) in [6.07, 6.45) is 3.00. The summed E-state index contributed by atoms with van der Waals surface area (Å²) in [6, 6.07) is 6.68. The molecule has 0 spiro atoms. The molecule has 0 aliphatic rings. The molecule has 0 saturated heterocycles. The number of para-hydroxylation sites is 1. The van der Waals surface area contributed by atoms with Crippen LogP contribution in [0.25, 0.3) is 0 Å². The molecule has 1 N–H and O–H groups in total. The lowest BCUT2D eigenvalue weighted by Gasteiger charge is -2.19. The molecule has 0 saturated carbocycles. The molecule has 2 aromatic rings. The lowest BCUT2D eigenvalue weighted by molar-refractivity contribution is 0.0527. The number of esters is 1. The first-order chi connectivity index (χ1) is 12.1. The summed E-state index contributed by atoms with van der Waals surface area (Å²) in [7, 11) is 0. The van der Waals surface area contributed by atoms with Gasteiger partial charge in [0, 0.05) is 13.1 Å². The minimum atomic E-state index is -0.485. The molecule has 0 aliphatic heterocycles. The second-order valence-corrected chi connectivity index (χ2v) is 5.15. The second kappa shape index (κ2) is 8.77. The Bertz CT molecular complexity index is 727. The first-order valence-corrected chi connectivity index (χ1v) is 8.25. The Hall–Kier alpha value is -2.96. The van der Waals surface area contributed by atoms with Crippen molar-refractivity contribution < 1.29 is 14.3 Å². The number of carbonyl (C=O) groups excluding carboxylic acids is 2. The van der Waals surface area contributed by atoms with Crippen LogP contribution in [-0.4, -0.2) is 41.5 Å². The Morgan fingerprint density at radius 2 is 1.80 bits per heavy atom. The third-order valence-electron chi connectivity index (χ3n) is 3.63. The van der Waals surface area contributed by atoms with Crippen molar-refractivity contribution in [3.05, 3.63) is 47.9 Å². The van der Waals surface area contributed by atoms with Crippen LogP contribution in [0.5, 0.6) is 0 Å². The summed E-state index contributed by atoms with van der Waals surface area (Å²) in [5.74, 6) is -0.204. The zero-order valence-electron chi connectivity index (χ0n) is 14.7. The van der Waals surface area contributed by atoms with E-state index >= 15 is 0 Å². The number of aromatic nitrogens is 2. The summed E-state index contributed by atoms with van der Waals surface area (Å²) in [4.78, 5) is 34.8. The molecule has 0 fully saturated rings. The number of amides is 1. The maximum absolute atomic E-state index is 12.4. The van der Waals surface area contributed by atoms with E-state index in [0.717, 1.165) is 13.1 Å². The van der Waals surface area contributed by atoms with Gasteiger partial charge in [0.2, 0.25) is 0 Å². The van der Waals surface area contributed by atoms with Crippen LogP contribution in [0.1, 0.15) is 41.6 Å². The maximum atomic E-state index is 12.4. The smallest absolute Gasteiger partial charge is 0.340 e. The molecular formula is C18H22N4O3. The standard InChI is InChI=1S/C18H22N4O3/c1-4-22(5-2)16-12-19-15(11-20-16)17(23)21-14-10-8-7-9-13(14)18(24)25-6-3/h7-12H,4-6H2,1-3H3,(H,21,23). The van der Waals surface area contributed by atoms with Crippen LogP contribution < -0.4 is 10.2 Å². The van der Waals surface area contributed by atoms with E-state index in [4.69, 9.17) is 4.74 Å². The van der Waals surface area contributed by atoms with E-state index in [1.54, 1.807) is 37.4 Å². The fourth-order valence-electron chi connectivity index (χ4n) is 2.31. The predicted octanol–water partition coefficient (Wildman–Crippen LogP) is 2.75. The SMILES string of the molecule is CCOC(=O)c1ccccc1NC(=O)c1cnc(N(CC)CC)cn1. The highest BCUT2D eigenvalue weighted by Crippen LogP contribution is 2.17. The first kappa shape index (κ1) is 18.4. The van der Waals surface area contributed by atoms with Gasteiger partial charge in [0.15, 0.2) is 0 Å². The lowest BCUT2D eigenvalue weighted by Crippen LogP contribution is -2.24. The fraction of sp³-hybridized carbons (Fsp3) is 0.333. The Kier molecular flexibility index (Phi) is 6.45. The molecule has 132 valence electrons. The summed E-state index contributed by atoms with van der Waals surface area (Å²) < 4.78 is 5.00. The molecule has 0 bridgehead atoms. The number of carbonyl (C=O) groups is 2. The van der Waals surface area contributed by atoms with Crippen LogP contribution in [0.15, 0.2) is 36.7 Å². The van der Waals surface area contributed by atoms with E-state index in [-0.39, 0.29) is 12.3 Å². The molecular weight excluding hydrogens is 320 g/mol. The molecule has 25 heavy (non-hydrogen) atoms. The molecule has 0 radical (unpaired) electrons. The number of ether oxygens (including phenoxy) is 1.